The number of likely N-dealkylation sites (tertiary alicyclic amines) is 1. The average Bonchev–Trinajstić information content (AvgIpc) is 2.68. The van der Waals surface area contributed by atoms with Gasteiger partial charge in [0.2, 0.25) is 0 Å². The van der Waals surface area contributed by atoms with Crippen molar-refractivity contribution in [1.82, 2.24) is 9.88 Å². The number of aliphatic hydroxyl groups excluding tert-OH is 2. The topological polar surface area (TPSA) is 73.7 Å². The van der Waals surface area contributed by atoms with Gasteiger partial charge in [0.15, 0.2) is 0 Å². The number of β-amino-alcohol motifs (C(OH)–C–C–N with tert-alkyl or cyclic N) is 2. The summed E-state index contributed by atoms with van der Waals surface area (Å²) in [5, 5.41) is 19.2. The van der Waals surface area contributed by atoms with E-state index in [0.717, 1.165) is 5.69 Å². The Morgan fingerprint density at radius 2 is 1.95 bits per heavy atom. The predicted molar refractivity (Wildman–Crippen MR) is 71.3 cm³/mol. The number of nitrogens with zero attached hydrogens (tertiary/aromatic N) is 2. The molecule has 1 aromatic heterocycles. The highest BCUT2D eigenvalue weighted by Crippen LogP contribution is 2.20. The Labute approximate surface area is 116 Å². The predicted octanol–water partition coefficient (Wildman–Crippen LogP) is 1.04. The summed E-state index contributed by atoms with van der Waals surface area (Å²) >= 11 is 5.92. The fraction of sp³-hybridized carbons (Fsp3) is 0.538. The molecule has 2 N–H and O–H groups in total. The molecule has 1 aliphatic rings. The van der Waals surface area contributed by atoms with Gasteiger partial charge in [-0.25, -0.2) is 4.98 Å². The first-order valence-corrected chi connectivity index (χ1v) is 6.59. The fourth-order valence-electron chi connectivity index (χ4n) is 2.05. The molecule has 1 aliphatic heterocycles. The molecule has 1 aromatic rings. The third-order valence-corrected chi connectivity index (χ3v) is 3.39. The molecule has 1 saturated heterocycles. The second-order valence-electron chi connectivity index (χ2n) is 5.10. The molecule has 0 spiro atoms. The first-order chi connectivity index (χ1) is 8.88. The SMILES string of the molecule is CC(C)c1cc(C(=O)N2C[C@@H](O)[C@@H](O)C2)cc(Cl)n1. The molecule has 2 atom stereocenters. The van der Waals surface area contributed by atoms with E-state index in [2.05, 4.69) is 4.98 Å². The summed E-state index contributed by atoms with van der Waals surface area (Å²) in [5.41, 5.74) is 1.18. The van der Waals surface area contributed by atoms with E-state index in [1.165, 1.54) is 11.0 Å². The van der Waals surface area contributed by atoms with Crippen LogP contribution in [0.1, 0.15) is 35.8 Å². The van der Waals surface area contributed by atoms with Crippen LogP contribution < -0.4 is 0 Å². The Balaban J connectivity index is 2.24. The Bertz CT molecular complexity index is 483. The maximum atomic E-state index is 12.3. The second-order valence-corrected chi connectivity index (χ2v) is 5.49. The van der Waals surface area contributed by atoms with E-state index in [0.29, 0.717) is 5.56 Å². The molecular weight excluding hydrogens is 268 g/mol. The van der Waals surface area contributed by atoms with Crippen LogP contribution in [0.15, 0.2) is 12.1 Å². The van der Waals surface area contributed by atoms with Crippen molar-refractivity contribution in [3.8, 4) is 0 Å². The van der Waals surface area contributed by atoms with E-state index in [1.807, 2.05) is 13.8 Å². The molecule has 0 aromatic carbocycles. The number of aromatic nitrogens is 1. The first kappa shape index (κ1) is 14.2. The minimum Gasteiger partial charge on any atom is -0.388 e. The lowest BCUT2D eigenvalue weighted by Crippen LogP contribution is -2.30. The zero-order valence-corrected chi connectivity index (χ0v) is 11.6. The molecule has 0 unspecified atom stereocenters. The molecule has 5 nitrogen and oxygen atoms in total. The van der Waals surface area contributed by atoms with Crippen LogP contribution in [0.5, 0.6) is 0 Å². The summed E-state index contributed by atoms with van der Waals surface area (Å²) in [6.45, 7) is 4.21. The molecule has 1 amide bonds. The molecule has 1 fully saturated rings. The van der Waals surface area contributed by atoms with Gasteiger partial charge in [0, 0.05) is 24.3 Å². The van der Waals surface area contributed by atoms with Crippen molar-refractivity contribution in [2.24, 2.45) is 0 Å². The van der Waals surface area contributed by atoms with E-state index in [9.17, 15) is 15.0 Å². The van der Waals surface area contributed by atoms with Gasteiger partial charge in [-0.1, -0.05) is 25.4 Å². The first-order valence-electron chi connectivity index (χ1n) is 6.21. The largest absolute Gasteiger partial charge is 0.388 e. The summed E-state index contributed by atoms with van der Waals surface area (Å²) in [4.78, 5) is 17.9. The third-order valence-electron chi connectivity index (χ3n) is 3.20. The second kappa shape index (κ2) is 5.45. The monoisotopic (exact) mass is 284 g/mol. The summed E-state index contributed by atoms with van der Waals surface area (Å²) in [5.74, 6) is -0.0817. The smallest absolute Gasteiger partial charge is 0.254 e. The van der Waals surface area contributed by atoms with Gasteiger partial charge in [0.1, 0.15) is 5.15 Å². The lowest BCUT2D eigenvalue weighted by Gasteiger charge is -2.16. The van der Waals surface area contributed by atoms with Crippen LogP contribution in [0.2, 0.25) is 5.15 Å². The number of halogens is 1. The number of pyridine rings is 1. The Morgan fingerprint density at radius 1 is 1.37 bits per heavy atom. The van der Waals surface area contributed by atoms with Crippen LogP contribution in [0.25, 0.3) is 0 Å². The number of amides is 1. The third kappa shape index (κ3) is 3.05. The number of hydrogen-bond donors (Lipinski definition) is 2. The van der Waals surface area contributed by atoms with Crippen molar-refractivity contribution in [2.45, 2.75) is 32.0 Å². The standard InChI is InChI=1S/C13H17ClN2O3/c1-7(2)9-3-8(4-12(14)15-9)13(19)16-5-10(17)11(18)6-16/h3-4,7,10-11,17-18H,5-6H2,1-2H3/t10-,11+. The Morgan fingerprint density at radius 3 is 2.47 bits per heavy atom. The van der Waals surface area contributed by atoms with Crippen molar-refractivity contribution in [1.29, 1.82) is 0 Å². The van der Waals surface area contributed by atoms with Crippen LogP contribution in [-0.4, -0.2) is 51.3 Å². The van der Waals surface area contributed by atoms with E-state index in [1.54, 1.807) is 6.07 Å². The Kier molecular flexibility index (Phi) is 4.08. The van der Waals surface area contributed by atoms with Crippen molar-refractivity contribution >= 4 is 17.5 Å². The van der Waals surface area contributed by atoms with Gasteiger partial charge in [0.05, 0.1) is 12.2 Å². The van der Waals surface area contributed by atoms with E-state index in [4.69, 9.17) is 11.6 Å². The highest BCUT2D eigenvalue weighted by molar-refractivity contribution is 6.29. The van der Waals surface area contributed by atoms with E-state index < -0.39 is 12.2 Å². The van der Waals surface area contributed by atoms with Crippen LogP contribution in [0.4, 0.5) is 0 Å². The summed E-state index contributed by atoms with van der Waals surface area (Å²) < 4.78 is 0. The van der Waals surface area contributed by atoms with Gasteiger partial charge in [-0.2, -0.15) is 0 Å². The molecule has 0 radical (unpaired) electrons. The lowest BCUT2D eigenvalue weighted by molar-refractivity contribution is 0.0572. The number of rotatable bonds is 2. The van der Waals surface area contributed by atoms with Crippen molar-refractivity contribution in [2.75, 3.05) is 13.1 Å². The molecule has 0 aliphatic carbocycles. The van der Waals surface area contributed by atoms with Gasteiger partial charge < -0.3 is 15.1 Å². The van der Waals surface area contributed by atoms with E-state index in [-0.39, 0.29) is 30.1 Å². The maximum absolute atomic E-state index is 12.3. The molecule has 2 heterocycles. The van der Waals surface area contributed by atoms with Crippen molar-refractivity contribution < 1.29 is 15.0 Å². The number of hydrogen-bond acceptors (Lipinski definition) is 4. The van der Waals surface area contributed by atoms with Crippen LogP contribution >= 0.6 is 11.6 Å². The number of aliphatic hydroxyl groups is 2. The number of carbonyl (C=O) groups excluding carboxylic acids is 1. The molecule has 104 valence electrons. The summed E-state index contributed by atoms with van der Waals surface area (Å²) in [6, 6.07) is 3.21. The maximum Gasteiger partial charge on any atom is 0.254 e. The zero-order valence-electron chi connectivity index (χ0n) is 10.9. The van der Waals surface area contributed by atoms with Crippen LogP contribution in [-0.2, 0) is 0 Å². The van der Waals surface area contributed by atoms with Crippen molar-refractivity contribution in [3.05, 3.63) is 28.5 Å². The van der Waals surface area contributed by atoms with Gasteiger partial charge in [-0.05, 0) is 18.1 Å². The van der Waals surface area contributed by atoms with Gasteiger partial charge in [-0.15, -0.1) is 0 Å². The highest BCUT2D eigenvalue weighted by Gasteiger charge is 2.33. The molecule has 0 bridgehead atoms. The molecular formula is C13H17ClN2O3. The molecule has 2 rings (SSSR count). The van der Waals surface area contributed by atoms with Gasteiger partial charge in [0.25, 0.3) is 5.91 Å². The highest BCUT2D eigenvalue weighted by atomic mass is 35.5. The van der Waals surface area contributed by atoms with Crippen LogP contribution in [0, 0.1) is 0 Å². The summed E-state index contributed by atoms with van der Waals surface area (Å²) in [7, 11) is 0. The molecule has 6 heteroatoms. The zero-order chi connectivity index (χ0) is 14.2. The number of carbonyl (C=O) groups is 1. The molecule has 0 saturated carbocycles. The minimum absolute atomic E-state index is 0.136. The Hall–Kier alpha value is -1.17. The fourth-order valence-corrected chi connectivity index (χ4v) is 2.27. The lowest BCUT2D eigenvalue weighted by atomic mass is 10.1. The van der Waals surface area contributed by atoms with Crippen LogP contribution in [0.3, 0.4) is 0 Å². The normalized spacial score (nSPS) is 23.2. The molecule has 19 heavy (non-hydrogen) atoms. The van der Waals surface area contributed by atoms with Crippen molar-refractivity contribution in [3.63, 3.8) is 0 Å². The van der Waals surface area contributed by atoms with Gasteiger partial charge in [-0.3, -0.25) is 4.79 Å². The van der Waals surface area contributed by atoms with Gasteiger partial charge >= 0.3 is 0 Å². The minimum atomic E-state index is -0.883. The summed E-state index contributed by atoms with van der Waals surface area (Å²) in [6.07, 6.45) is -1.77. The quantitative estimate of drug-likeness (QED) is 0.796. The van der Waals surface area contributed by atoms with E-state index >= 15 is 0 Å². The average molecular weight is 285 g/mol.